The van der Waals surface area contributed by atoms with E-state index in [1.807, 2.05) is 0 Å². The summed E-state index contributed by atoms with van der Waals surface area (Å²) in [6, 6.07) is 0. The summed E-state index contributed by atoms with van der Waals surface area (Å²) in [4.78, 5) is 1.60. The molecule has 1 saturated carbocycles. The molecule has 1 aliphatic rings. The van der Waals surface area contributed by atoms with Crippen LogP contribution in [-0.2, 0) is 0 Å². The van der Waals surface area contributed by atoms with E-state index in [1.54, 1.807) is 4.90 Å². The number of hydrogen-bond acceptors (Lipinski definition) is 0. The Kier molecular flexibility index (Phi) is 22.1. The molecule has 0 bridgehead atoms. The van der Waals surface area contributed by atoms with Gasteiger partial charge in [-0.15, -0.1) is 0 Å². The second-order valence-corrected chi connectivity index (χ2v) is 9.91. The molecule has 2 heteroatoms. The van der Waals surface area contributed by atoms with Crippen LogP contribution in [-0.4, -0.2) is 20.6 Å². The van der Waals surface area contributed by atoms with E-state index in [4.69, 9.17) is 0 Å². The van der Waals surface area contributed by atoms with Gasteiger partial charge in [0.25, 0.3) is 0 Å². The first kappa shape index (κ1) is 28.2. The molecule has 0 unspecified atom stereocenters. The summed E-state index contributed by atoms with van der Waals surface area (Å²) in [6.45, 7) is 1.35. The zero-order valence-corrected chi connectivity index (χ0v) is 20.5. The van der Waals surface area contributed by atoms with Crippen molar-refractivity contribution in [2.45, 2.75) is 141 Å². The summed E-state index contributed by atoms with van der Waals surface area (Å²) in [7, 11) is 4.53. The molecular formula is C26H54ClN. The SMILES string of the molecule is C[NH+](C)CCCCCCCCCCCCCCCCCCC1CCCCC1.[Cl-]. The maximum Gasteiger partial charge on any atom is 0.0766 e. The van der Waals surface area contributed by atoms with Crippen molar-refractivity contribution < 1.29 is 17.3 Å². The van der Waals surface area contributed by atoms with Crippen LogP contribution < -0.4 is 17.3 Å². The van der Waals surface area contributed by atoms with E-state index in [0.29, 0.717) is 0 Å². The average Bonchev–Trinajstić information content (AvgIpc) is 2.67. The fourth-order valence-electron chi connectivity index (χ4n) is 4.86. The number of unbranched alkanes of at least 4 members (excludes halogenated alkanes) is 15. The molecule has 0 spiro atoms. The molecule has 0 saturated heterocycles. The van der Waals surface area contributed by atoms with Crippen molar-refractivity contribution in [3.63, 3.8) is 0 Å². The molecule has 170 valence electrons. The predicted molar refractivity (Wildman–Crippen MR) is 123 cm³/mol. The highest BCUT2D eigenvalue weighted by atomic mass is 35.5. The monoisotopic (exact) mass is 415 g/mol. The summed E-state index contributed by atoms with van der Waals surface area (Å²) < 4.78 is 0. The van der Waals surface area contributed by atoms with Gasteiger partial charge in [0.1, 0.15) is 0 Å². The summed E-state index contributed by atoms with van der Waals surface area (Å²) in [6.07, 6.45) is 32.9. The van der Waals surface area contributed by atoms with Crippen LogP contribution in [0.4, 0.5) is 0 Å². The highest BCUT2D eigenvalue weighted by Gasteiger charge is 2.12. The molecule has 0 aromatic carbocycles. The highest BCUT2D eigenvalue weighted by molar-refractivity contribution is 4.65. The van der Waals surface area contributed by atoms with E-state index >= 15 is 0 Å². The first-order valence-corrected chi connectivity index (χ1v) is 13.1. The third kappa shape index (κ3) is 19.6. The average molecular weight is 416 g/mol. The van der Waals surface area contributed by atoms with Gasteiger partial charge in [0, 0.05) is 0 Å². The Morgan fingerprint density at radius 1 is 0.500 bits per heavy atom. The first-order chi connectivity index (χ1) is 13.3. The smallest absolute Gasteiger partial charge is 0.0766 e. The third-order valence-corrected chi connectivity index (χ3v) is 6.76. The van der Waals surface area contributed by atoms with Crippen molar-refractivity contribution in [3.8, 4) is 0 Å². The first-order valence-electron chi connectivity index (χ1n) is 13.1. The van der Waals surface area contributed by atoms with Crippen molar-refractivity contribution in [3.05, 3.63) is 0 Å². The molecule has 0 aliphatic heterocycles. The van der Waals surface area contributed by atoms with Gasteiger partial charge in [-0.1, -0.05) is 128 Å². The van der Waals surface area contributed by atoms with E-state index in [2.05, 4.69) is 14.1 Å². The Balaban J connectivity index is 0.00000729. The van der Waals surface area contributed by atoms with Gasteiger partial charge in [-0.05, 0) is 18.8 Å². The van der Waals surface area contributed by atoms with E-state index in [9.17, 15) is 0 Å². The summed E-state index contributed by atoms with van der Waals surface area (Å²) in [5, 5.41) is 0. The molecule has 0 atom stereocenters. The molecule has 0 aromatic rings. The number of hydrogen-bond donors (Lipinski definition) is 1. The van der Waals surface area contributed by atoms with Crippen LogP contribution in [0.25, 0.3) is 0 Å². The van der Waals surface area contributed by atoms with Crippen LogP contribution in [0.3, 0.4) is 0 Å². The van der Waals surface area contributed by atoms with Crippen LogP contribution in [0.15, 0.2) is 0 Å². The lowest BCUT2D eigenvalue weighted by atomic mass is 9.85. The van der Waals surface area contributed by atoms with Gasteiger partial charge in [0.15, 0.2) is 0 Å². The molecule has 1 nitrogen and oxygen atoms in total. The minimum atomic E-state index is 0. The van der Waals surface area contributed by atoms with Crippen LogP contribution in [0, 0.1) is 5.92 Å². The predicted octanol–water partition coefficient (Wildman–Crippen LogP) is 4.35. The van der Waals surface area contributed by atoms with Crippen molar-refractivity contribution in [2.24, 2.45) is 5.92 Å². The summed E-state index contributed by atoms with van der Waals surface area (Å²) in [5.74, 6) is 1.10. The van der Waals surface area contributed by atoms with Crippen molar-refractivity contribution in [1.82, 2.24) is 0 Å². The zero-order valence-electron chi connectivity index (χ0n) is 19.7. The van der Waals surface area contributed by atoms with E-state index < -0.39 is 0 Å². The fourth-order valence-corrected chi connectivity index (χ4v) is 4.86. The molecule has 1 aliphatic carbocycles. The van der Waals surface area contributed by atoms with Gasteiger partial charge in [-0.3, -0.25) is 0 Å². The largest absolute Gasteiger partial charge is 1.00 e. The normalized spacial score (nSPS) is 15.1. The topological polar surface area (TPSA) is 4.44 Å². The second kappa shape index (κ2) is 21.9. The number of rotatable bonds is 19. The Morgan fingerprint density at radius 2 is 0.857 bits per heavy atom. The van der Waals surface area contributed by atoms with Gasteiger partial charge in [0.2, 0.25) is 0 Å². The number of nitrogens with one attached hydrogen (secondary N) is 1. The molecule has 0 heterocycles. The molecule has 0 aromatic heterocycles. The van der Waals surface area contributed by atoms with E-state index in [0.717, 1.165) is 5.92 Å². The summed E-state index contributed by atoms with van der Waals surface area (Å²) >= 11 is 0. The lowest BCUT2D eigenvalue weighted by Gasteiger charge is -2.21. The molecule has 0 amide bonds. The van der Waals surface area contributed by atoms with Crippen molar-refractivity contribution in [1.29, 1.82) is 0 Å². The van der Waals surface area contributed by atoms with E-state index in [-0.39, 0.29) is 12.4 Å². The highest BCUT2D eigenvalue weighted by Crippen LogP contribution is 2.28. The molecule has 28 heavy (non-hydrogen) atoms. The minimum absolute atomic E-state index is 0. The Hall–Kier alpha value is 0.250. The maximum atomic E-state index is 2.26. The minimum Gasteiger partial charge on any atom is -1.00 e. The zero-order chi connectivity index (χ0) is 19.4. The molecular weight excluding hydrogens is 362 g/mol. The number of quaternary nitrogens is 1. The maximum absolute atomic E-state index is 2.26. The van der Waals surface area contributed by atoms with Gasteiger partial charge < -0.3 is 17.3 Å². The van der Waals surface area contributed by atoms with Crippen LogP contribution in [0.5, 0.6) is 0 Å². The molecule has 1 fully saturated rings. The fraction of sp³-hybridized carbons (Fsp3) is 1.00. The Morgan fingerprint density at radius 3 is 1.25 bits per heavy atom. The van der Waals surface area contributed by atoms with E-state index in [1.165, 1.54) is 148 Å². The lowest BCUT2D eigenvalue weighted by molar-refractivity contribution is -0.858. The van der Waals surface area contributed by atoms with Gasteiger partial charge in [-0.2, -0.15) is 0 Å². The van der Waals surface area contributed by atoms with Gasteiger partial charge in [-0.25, -0.2) is 0 Å². The van der Waals surface area contributed by atoms with Crippen LogP contribution in [0.2, 0.25) is 0 Å². The van der Waals surface area contributed by atoms with Gasteiger partial charge >= 0.3 is 0 Å². The molecule has 0 radical (unpaired) electrons. The Labute approximate surface area is 185 Å². The number of halogens is 1. The summed E-state index contributed by atoms with van der Waals surface area (Å²) in [5.41, 5.74) is 0. The van der Waals surface area contributed by atoms with Crippen LogP contribution >= 0.6 is 0 Å². The molecule has 1 N–H and O–H groups in total. The Bertz CT molecular complexity index is 286. The van der Waals surface area contributed by atoms with Crippen molar-refractivity contribution >= 4 is 0 Å². The lowest BCUT2D eigenvalue weighted by Crippen LogP contribution is -3.05. The standard InChI is InChI=1S/C26H53N.ClH/c1-27(2)25-21-16-14-12-10-8-6-4-3-5-7-9-11-13-15-18-22-26-23-19-17-20-24-26;/h26H,3-25H2,1-2H3;1H. The van der Waals surface area contributed by atoms with Crippen LogP contribution in [0.1, 0.15) is 141 Å². The molecule has 1 rings (SSSR count). The quantitative estimate of drug-likeness (QED) is 0.299. The van der Waals surface area contributed by atoms with Gasteiger partial charge in [0.05, 0.1) is 20.6 Å². The second-order valence-electron chi connectivity index (χ2n) is 9.91. The third-order valence-electron chi connectivity index (χ3n) is 6.76. The van der Waals surface area contributed by atoms with Crippen molar-refractivity contribution in [2.75, 3.05) is 20.6 Å².